The molecule has 2 aromatic rings. The highest BCUT2D eigenvalue weighted by molar-refractivity contribution is 5.88. The lowest BCUT2D eigenvalue weighted by molar-refractivity contribution is 0.0600. The van der Waals surface area contributed by atoms with Crippen LogP contribution in [-0.4, -0.2) is 26.7 Å². The van der Waals surface area contributed by atoms with Gasteiger partial charge in [0.15, 0.2) is 0 Å². The van der Waals surface area contributed by atoms with Crippen molar-refractivity contribution in [2.24, 2.45) is 0 Å². The standard InChI is InChI=1S/C16H19NO4/c1-19-14-5-3-4-12(8-14)6-7-17-10-15-9-13(11-21-15)16(18)20-2/h3-5,8-9,11,17H,6-7,10H2,1-2H3. The average molecular weight is 289 g/mol. The first-order chi connectivity index (χ1) is 10.2. The molecule has 0 amide bonds. The second-order valence-electron chi connectivity index (χ2n) is 4.57. The van der Waals surface area contributed by atoms with Crippen LogP contribution in [0.2, 0.25) is 0 Å². The van der Waals surface area contributed by atoms with Crippen molar-refractivity contribution in [1.29, 1.82) is 0 Å². The third-order valence-corrected chi connectivity index (χ3v) is 3.10. The Hall–Kier alpha value is -2.27. The molecule has 0 radical (unpaired) electrons. The summed E-state index contributed by atoms with van der Waals surface area (Å²) in [6.45, 7) is 1.38. The molecule has 0 atom stereocenters. The van der Waals surface area contributed by atoms with Crippen LogP contribution in [0.4, 0.5) is 0 Å². The van der Waals surface area contributed by atoms with Crippen LogP contribution in [0, 0.1) is 0 Å². The Kier molecular flexibility index (Phi) is 5.40. The third-order valence-electron chi connectivity index (χ3n) is 3.10. The van der Waals surface area contributed by atoms with Gasteiger partial charge in [-0.05, 0) is 36.7 Å². The number of benzene rings is 1. The lowest BCUT2D eigenvalue weighted by atomic mass is 10.1. The van der Waals surface area contributed by atoms with Gasteiger partial charge >= 0.3 is 5.97 Å². The van der Waals surface area contributed by atoms with E-state index in [4.69, 9.17) is 9.15 Å². The maximum Gasteiger partial charge on any atom is 0.341 e. The van der Waals surface area contributed by atoms with Crippen LogP contribution in [-0.2, 0) is 17.7 Å². The maximum atomic E-state index is 11.3. The first kappa shape index (κ1) is 15.1. The van der Waals surface area contributed by atoms with E-state index in [-0.39, 0.29) is 5.97 Å². The zero-order valence-corrected chi connectivity index (χ0v) is 12.2. The zero-order valence-electron chi connectivity index (χ0n) is 12.2. The minimum Gasteiger partial charge on any atom is -0.497 e. The first-order valence-electron chi connectivity index (χ1n) is 6.72. The monoisotopic (exact) mass is 289 g/mol. The van der Waals surface area contributed by atoms with Gasteiger partial charge in [-0.1, -0.05) is 12.1 Å². The molecule has 1 aromatic carbocycles. The number of nitrogens with one attached hydrogen (secondary N) is 1. The molecule has 0 aliphatic heterocycles. The Bertz CT molecular complexity index is 591. The van der Waals surface area contributed by atoms with E-state index in [2.05, 4.69) is 16.1 Å². The Labute approximate surface area is 123 Å². The van der Waals surface area contributed by atoms with Crippen molar-refractivity contribution < 1.29 is 18.7 Å². The van der Waals surface area contributed by atoms with Crippen molar-refractivity contribution >= 4 is 5.97 Å². The average Bonchev–Trinajstić information content (AvgIpc) is 3.00. The molecule has 0 fully saturated rings. The van der Waals surface area contributed by atoms with Gasteiger partial charge in [-0.2, -0.15) is 0 Å². The molecule has 2 rings (SSSR count). The minimum atomic E-state index is -0.388. The number of methoxy groups -OCH3 is 2. The molecule has 5 heteroatoms. The SMILES string of the molecule is COC(=O)c1coc(CNCCc2cccc(OC)c2)c1. The van der Waals surface area contributed by atoms with Crippen LogP contribution in [0.25, 0.3) is 0 Å². The van der Waals surface area contributed by atoms with Crippen molar-refractivity contribution in [3.05, 3.63) is 53.5 Å². The molecule has 1 aromatic heterocycles. The van der Waals surface area contributed by atoms with Gasteiger partial charge in [0.05, 0.1) is 26.3 Å². The minimum absolute atomic E-state index is 0.388. The van der Waals surface area contributed by atoms with Crippen molar-refractivity contribution in [2.45, 2.75) is 13.0 Å². The van der Waals surface area contributed by atoms with E-state index >= 15 is 0 Å². The van der Waals surface area contributed by atoms with Gasteiger partial charge in [0, 0.05) is 0 Å². The van der Waals surface area contributed by atoms with Crippen LogP contribution in [0.5, 0.6) is 5.75 Å². The molecule has 1 heterocycles. The smallest absolute Gasteiger partial charge is 0.341 e. The van der Waals surface area contributed by atoms with Gasteiger partial charge in [0.25, 0.3) is 0 Å². The fourth-order valence-corrected chi connectivity index (χ4v) is 1.97. The molecule has 0 aliphatic carbocycles. The summed E-state index contributed by atoms with van der Waals surface area (Å²) < 4.78 is 15.1. The number of carbonyl (C=O) groups excluding carboxylic acids is 1. The predicted octanol–water partition coefficient (Wildman–Crippen LogP) is 2.41. The third kappa shape index (κ3) is 4.36. The van der Waals surface area contributed by atoms with E-state index in [0.29, 0.717) is 17.9 Å². The van der Waals surface area contributed by atoms with Crippen molar-refractivity contribution in [3.63, 3.8) is 0 Å². The Balaban J connectivity index is 1.76. The largest absolute Gasteiger partial charge is 0.497 e. The highest BCUT2D eigenvalue weighted by Gasteiger charge is 2.09. The summed E-state index contributed by atoms with van der Waals surface area (Å²) >= 11 is 0. The van der Waals surface area contributed by atoms with E-state index in [1.807, 2.05) is 18.2 Å². The maximum absolute atomic E-state index is 11.3. The number of carbonyl (C=O) groups is 1. The van der Waals surface area contributed by atoms with Gasteiger partial charge in [-0.15, -0.1) is 0 Å². The second-order valence-corrected chi connectivity index (χ2v) is 4.57. The van der Waals surface area contributed by atoms with Crippen LogP contribution in [0.3, 0.4) is 0 Å². The number of hydrogen-bond acceptors (Lipinski definition) is 5. The molecule has 112 valence electrons. The van der Waals surface area contributed by atoms with E-state index in [0.717, 1.165) is 18.7 Å². The second kappa shape index (κ2) is 7.50. The number of esters is 1. The van der Waals surface area contributed by atoms with Gasteiger partial charge < -0.3 is 19.2 Å². The number of ether oxygens (including phenoxy) is 2. The topological polar surface area (TPSA) is 60.7 Å². The van der Waals surface area contributed by atoms with E-state index in [1.54, 1.807) is 13.2 Å². The summed E-state index contributed by atoms with van der Waals surface area (Å²) in [4.78, 5) is 11.3. The molecule has 5 nitrogen and oxygen atoms in total. The molecule has 0 unspecified atom stereocenters. The highest BCUT2D eigenvalue weighted by atomic mass is 16.5. The van der Waals surface area contributed by atoms with Crippen LogP contribution in [0.15, 0.2) is 41.0 Å². The Morgan fingerprint density at radius 3 is 2.90 bits per heavy atom. The molecule has 0 saturated heterocycles. The Morgan fingerprint density at radius 1 is 1.29 bits per heavy atom. The molecule has 1 N–H and O–H groups in total. The van der Waals surface area contributed by atoms with Gasteiger partial charge in [0.2, 0.25) is 0 Å². The van der Waals surface area contributed by atoms with Gasteiger partial charge in [-0.25, -0.2) is 4.79 Å². The summed E-state index contributed by atoms with van der Waals surface area (Å²) in [6.07, 6.45) is 2.30. The van der Waals surface area contributed by atoms with Crippen LogP contribution >= 0.6 is 0 Å². The molecule has 21 heavy (non-hydrogen) atoms. The predicted molar refractivity (Wildman–Crippen MR) is 78.5 cm³/mol. The number of furan rings is 1. The summed E-state index contributed by atoms with van der Waals surface area (Å²) in [6, 6.07) is 9.66. The highest BCUT2D eigenvalue weighted by Crippen LogP contribution is 2.13. The fourth-order valence-electron chi connectivity index (χ4n) is 1.97. The van der Waals surface area contributed by atoms with Crippen LogP contribution in [0.1, 0.15) is 21.7 Å². The van der Waals surface area contributed by atoms with Crippen molar-refractivity contribution in [3.8, 4) is 5.75 Å². The van der Waals surface area contributed by atoms with Crippen LogP contribution < -0.4 is 10.1 Å². The lowest BCUT2D eigenvalue weighted by Gasteiger charge is -2.05. The quantitative estimate of drug-likeness (QED) is 0.626. The Morgan fingerprint density at radius 2 is 2.14 bits per heavy atom. The van der Waals surface area contributed by atoms with Gasteiger partial charge in [0.1, 0.15) is 17.8 Å². The summed E-state index contributed by atoms with van der Waals surface area (Å²) in [5.74, 6) is 1.18. The number of hydrogen-bond donors (Lipinski definition) is 1. The molecular weight excluding hydrogens is 270 g/mol. The molecule has 0 bridgehead atoms. The fraction of sp³-hybridized carbons (Fsp3) is 0.312. The molecule has 0 aliphatic rings. The van der Waals surface area contributed by atoms with Gasteiger partial charge in [-0.3, -0.25) is 0 Å². The van der Waals surface area contributed by atoms with Crippen molar-refractivity contribution in [1.82, 2.24) is 5.32 Å². The van der Waals surface area contributed by atoms with E-state index in [9.17, 15) is 4.79 Å². The molecule has 0 spiro atoms. The summed E-state index contributed by atoms with van der Waals surface area (Å²) in [5.41, 5.74) is 1.64. The van der Waals surface area contributed by atoms with E-state index in [1.165, 1.54) is 18.9 Å². The molecule has 0 saturated carbocycles. The lowest BCUT2D eigenvalue weighted by Crippen LogP contribution is -2.16. The normalized spacial score (nSPS) is 10.4. The van der Waals surface area contributed by atoms with E-state index < -0.39 is 0 Å². The molecular formula is C16H19NO4. The first-order valence-corrected chi connectivity index (χ1v) is 6.72. The summed E-state index contributed by atoms with van der Waals surface area (Å²) in [5, 5.41) is 3.27. The summed E-state index contributed by atoms with van der Waals surface area (Å²) in [7, 11) is 3.01. The zero-order chi connectivity index (χ0) is 15.1. The number of rotatable bonds is 7. The van der Waals surface area contributed by atoms with Crippen molar-refractivity contribution in [2.75, 3.05) is 20.8 Å².